The zero-order valence-corrected chi connectivity index (χ0v) is 13.6. The molecule has 5 heteroatoms. The Hall–Kier alpha value is -0.620. The standard InChI is InChI=1S/C15H23BrN4/c1-19-6-8-20(9-7-19)12-2-3-14(16)13(10-12)15-11-17-4-5-18-15/h2-3,10,15,17-18H,4-9,11H2,1H3. The Morgan fingerprint density at radius 1 is 1.15 bits per heavy atom. The van der Waals surface area contributed by atoms with Crippen LogP contribution < -0.4 is 15.5 Å². The van der Waals surface area contributed by atoms with Crippen LogP contribution in [0.1, 0.15) is 11.6 Å². The van der Waals surface area contributed by atoms with Gasteiger partial charge in [-0.15, -0.1) is 0 Å². The zero-order chi connectivity index (χ0) is 13.9. The minimum Gasteiger partial charge on any atom is -0.369 e. The molecule has 0 saturated carbocycles. The van der Waals surface area contributed by atoms with E-state index in [1.54, 1.807) is 0 Å². The van der Waals surface area contributed by atoms with Gasteiger partial charge in [-0.1, -0.05) is 15.9 Å². The summed E-state index contributed by atoms with van der Waals surface area (Å²) in [5, 5.41) is 7.06. The molecule has 4 nitrogen and oxygen atoms in total. The number of hydrogen-bond acceptors (Lipinski definition) is 4. The molecule has 0 radical (unpaired) electrons. The first-order valence-corrected chi connectivity index (χ1v) is 8.20. The summed E-state index contributed by atoms with van der Waals surface area (Å²) >= 11 is 3.71. The van der Waals surface area contributed by atoms with Gasteiger partial charge in [-0.3, -0.25) is 0 Å². The van der Waals surface area contributed by atoms with E-state index >= 15 is 0 Å². The van der Waals surface area contributed by atoms with Gasteiger partial charge in [-0.25, -0.2) is 0 Å². The van der Waals surface area contributed by atoms with Crippen LogP contribution in [0.25, 0.3) is 0 Å². The van der Waals surface area contributed by atoms with E-state index in [-0.39, 0.29) is 0 Å². The molecule has 2 heterocycles. The first-order chi connectivity index (χ1) is 9.74. The third-order valence-corrected chi connectivity index (χ3v) is 4.99. The molecule has 0 aromatic heterocycles. The minimum atomic E-state index is 0.408. The topological polar surface area (TPSA) is 30.5 Å². The summed E-state index contributed by atoms with van der Waals surface area (Å²) in [6.07, 6.45) is 0. The van der Waals surface area contributed by atoms with Crippen LogP contribution in [0.3, 0.4) is 0 Å². The highest BCUT2D eigenvalue weighted by molar-refractivity contribution is 9.10. The third-order valence-electron chi connectivity index (χ3n) is 4.26. The van der Waals surface area contributed by atoms with E-state index in [0.29, 0.717) is 6.04 Å². The maximum atomic E-state index is 3.71. The lowest BCUT2D eigenvalue weighted by Gasteiger charge is -2.35. The number of rotatable bonds is 2. The first kappa shape index (κ1) is 14.3. The zero-order valence-electron chi connectivity index (χ0n) is 12.0. The maximum absolute atomic E-state index is 3.71. The predicted molar refractivity (Wildman–Crippen MR) is 87.5 cm³/mol. The molecule has 1 atom stereocenters. The van der Waals surface area contributed by atoms with Crippen molar-refractivity contribution in [2.24, 2.45) is 0 Å². The lowest BCUT2D eigenvalue weighted by Crippen LogP contribution is -2.45. The van der Waals surface area contributed by atoms with Crippen LogP contribution in [0.4, 0.5) is 5.69 Å². The van der Waals surface area contributed by atoms with E-state index in [4.69, 9.17) is 0 Å². The second-order valence-electron chi connectivity index (χ2n) is 5.71. The summed E-state index contributed by atoms with van der Waals surface area (Å²) in [6.45, 7) is 7.64. The molecule has 20 heavy (non-hydrogen) atoms. The van der Waals surface area contributed by atoms with Gasteiger partial charge in [0.1, 0.15) is 0 Å². The summed E-state index contributed by atoms with van der Waals surface area (Å²) in [7, 11) is 2.20. The predicted octanol–water partition coefficient (Wildman–Crippen LogP) is 1.43. The van der Waals surface area contributed by atoms with Crippen molar-refractivity contribution >= 4 is 21.6 Å². The molecule has 1 aromatic rings. The average molecular weight is 339 g/mol. The molecule has 2 fully saturated rings. The van der Waals surface area contributed by atoms with Crippen molar-refractivity contribution in [3.05, 3.63) is 28.2 Å². The maximum Gasteiger partial charge on any atom is 0.0459 e. The summed E-state index contributed by atoms with van der Waals surface area (Å²) in [6, 6.07) is 7.18. The van der Waals surface area contributed by atoms with Gasteiger partial charge < -0.3 is 20.4 Å². The fraction of sp³-hybridized carbons (Fsp3) is 0.600. The molecule has 0 spiro atoms. The van der Waals surface area contributed by atoms with Gasteiger partial charge in [0, 0.05) is 62.0 Å². The van der Waals surface area contributed by atoms with Crippen molar-refractivity contribution in [2.75, 3.05) is 57.8 Å². The number of benzene rings is 1. The largest absolute Gasteiger partial charge is 0.369 e. The number of piperazine rings is 2. The molecule has 2 aliphatic heterocycles. The average Bonchev–Trinajstić information content (AvgIpc) is 2.50. The number of likely N-dealkylation sites (N-methyl/N-ethyl adjacent to an activating group) is 1. The van der Waals surface area contributed by atoms with Crippen molar-refractivity contribution in [3.8, 4) is 0 Å². The van der Waals surface area contributed by atoms with Gasteiger partial charge in [-0.2, -0.15) is 0 Å². The molecule has 1 aromatic carbocycles. The van der Waals surface area contributed by atoms with E-state index < -0.39 is 0 Å². The lowest BCUT2D eigenvalue weighted by molar-refractivity contribution is 0.313. The van der Waals surface area contributed by atoms with E-state index in [1.807, 2.05) is 0 Å². The molecular weight excluding hydrogens is 316 g/mol. The number of nitrogens with one attached hydrogen (secondary N) is 2. The Labute approximate surface area is 129 Å². The van der Waals surface area contributed by atoms with E-state index in [9.17, 15) is 0 Å². The molecular formula is C15H23BrN4. The second kappa shape index (κ2) is 6.43. The van der Waals surface area contributed by atoms with Gasteiger partial charge >= 0.3 is 0 Å². The first-order valence-electron chi connectivity index (χ1n) is 7.41. The van der Waals surface area contributed by atoms with Crippen molar-refractivity contribution in [3.63, 3.8) is 0 Å². The third kappa shape index (κ3) is 3.17. The summed E-state index contributed by atoms with van der Waals surface area (Å²) < 4.78 is 1.21. The molecule has 2 N–H and O–H groups in total. The number of anilines is 1. The highest BCUT2D eigenvalue weighted by Crippen LogP contribution is 2.29. The smallest absolute Gasteiger partial charge is 0.0459 e. The lowest BCUT2D eigenvalue weighted by atomic mass is 10.0. The summed E-state index contributed by atoms with van der Waals surface area (Å²) in [5.74, 6) is 0. The van der Waals surface area contributed by atoms with Gasteiger partial charge in [-0.05, 0) is 30.8 Å². The fourth-order valence-corrected chi connectivity index (χ4v) is 3.46. The second-order valence-corrected chi connectivity index (χ2v) is 6.56. The quantitative estimate of drug-likeness (QED) is 0.854. The molecule has 3 rings (SSSR count). The van der Waals surface area contributed by atoms with Crippen LogP contribution in [-0.4, -0.2) is 57.8 Å². The fourth-order valence-electron chi connectivity index (χ4n) is 2.93. The Bertz CT molecular complexity index is 451. The Kier molecular flexibility index (Phi) is 4.61. The van der Waals surface area contributed by atoms with Crippen LogP contribution in [0.5, 0.6) is 0 Å². The van der Waals surface area contributed by atoms with Crippen molar-refractivity contribution in [1.29, 1.82) is 0 Å². The van der Waals surface area contributed by atoms with Crippen LogP contribution in [0.2, 0.25) is 0 Å². The van der Waals surface area contributed by atoms with Gasteiger partial charge in [0.15, 0.2) is 0 Å². The van der Waals surface area contributed by atoms with Gasteiger partial charge in [0.25, 0.3) is 0 Å². The number of hydrogen-bond donors (Lipinski definition) is 2. The van der Waals surface area contributed by atoms with Crippen LogP contribution in [0.15, 0.2) is 22.7 Å². The summed E-state index contributed by atoms with van der Waals surface area (Å²) in [4.78, 5) is 4.88. The van der Waals surface area contributed by atoms with Crippen LogP contribution in [0, 0.1) is 0 Å². The minimum absolute atomic E-state index is 0.408. The monoisotopic (exact) mass is 338 g/mol. The van der Waals surface area contributed by atoms with Crippen LogP contribution in [-0.2, 0) is 0 Å². The highest BCUT2D eigenvalue weighted by Gasteiger charge is 2.20. The molecule has 110 valence electrons. The summed E-state index contributed by atoms with van der Waals surface area (Å²) in [5.41, 5.74) is 2.72. The van der Waals surface area contributed by atoms with Crippen molar-refractivity contribution < 1.29 is 0 Å². The SMILES string of the molecule is CN1CCN(c2ccc(Br)c(C3CNCCN3)c2)CC1. The normalized spacial score (nSPS) is 24.9. The van der Waals surface area contributed by atoms with Gasteiger partial charge in [0.05, 0.1) is 0 Å². The van der Waals surface area contributed by atoms with E-state index in [0.717, 1.165) is 45.8 Å². The Morgan fingerprint density at radius 2 is 1.95 bits per heavy atom. The molecule has 0 aliphatic carbocycles. The molecule has 0 bridgehead atoms. The Morgan fingerprint density at radius 3 is 2.65 bits per heavy atom. The van der Waals surface area contributed by atoms with Crippen molar-refractivity contribution in [2.45, 2.75) is 6.04 Å². The molecule has 2 saturated heterocycles. The molecule has 2 aliphatic rings. The van der Waals surface area contributed by atoms with E-state index in [1.165, 1.54) is 15.7 Å². The van der Waals surface area contributed by atoms with Gasteiger partial charge in [0.2, 0.25) is 0 Å². The van der Waals surface area contributed by atoms with Crippen molar-refractivity contribution in [1.82, 2.24) is 15.5 Å². The number of halogens is 1. The molecule has 1 unspecified atom stereocenters. The van der Waals surface area contributed by atoms with E-state index in [2.05, 4.69) is 61.6 Å². The highest BCUT2D eigenvalue weighted by atomic mass is 79.9. The number of nitrogens with zero attached hydrogens (tertiary/aromatic N) is 2. The molecule has 0 amide bonds. The van der Waals surface area contributed by atoms with Crippen LogP contribution >= 0.6 is 15.9 Å². The Balaban J connectivity index is 1.79.